The van der Waals surface area contributed by atoms with Gasteiger partial charge in [0.05, 0.1) is 11.0 Å². The Hall–Kier alpha value is -2.68. The van der Waals surface area contributed by atoms with Crippen LogP contribution >= 0.6 is 0 Å². The summed E-state index contributed by atoms with van der Waals surface area (Å²) in [6, 6.07) is 12.3. The third-order valence-electron chi connectivity index (χ3n) is 4.98. The van der Waals surface area contributed by atoms with Gasteiger partial charge in [-0.25, -0.2) is 0 Å². The molecule has 2 unspecified atom stereocenters. The first-order valence-electron chi connectivity index (χ1n) is 9.42. The first kappa shape index (κ1) is 21.0. The molecule has 156 valence electrons. The van der Waals surface area contributed by atoms with Gasteiger partial charge in [-0.3, -0.25) is 10.1 Å². The van der Waals surface area contributed by atoms with Crippen molar-refractivity contribution >= 4 is 5.69 Å². The number of rotatable bonds is 8. The Kier molecular flexibility index (Phi) is 6.36. The van der Waals surface area contributed by atoms with E-state index in [0.717, 1.165) is 12.0 Å². The third-order valence-corrected chi connectivity index (χ3v) is 4.98. The van der Waals surface area contributed by atoms with Crippen molar-refractivity contribution in [3.8, 4) is 11.5 Å². The molecule has 29 heavy (non-hydrogen) atoms. The van der Waals surface area contributed by atoms with Gasteiger partial charge in [0.15, 0.2) is 6.79 Å². The van der Waals surface area contributed by atoms with Crippen molar-refractivity contribution in [1.82, 2.24) is 5.32 Å². The number of methoxy groups -OCH3 is 1. The molecule has 0 aromatic heterocycles. The number of ether oxygens (including phenoxy) is 3. The number of benzene rings is 2. The van der Waals surface area contributed by atoms with Crippen LogP contribution in [0.2, 0.25) is 0 Å². The highest BCUT2D eigenvalue weighted by atomic mass is 16.7. The quantitative estimate of drug-likeness (QED) is 0.397. The van der Waals surface area contributed by atoms with E-state index < -0.39 is 22.7 Å². The fourth-order valence-electron chi connectivity index (χ4n) is 3.43. The summed E-state index contributed by atoms with van der Waals surface area (Å²) in [6.45, 7) is 4.04. The van der Waals surface area contributed by atoms with Crippen LogP contribution in [0.3, 0.4) is 0 Å². The molecule has 8 heteroatoms. The van der Waals surface area contributed by atoms with E-state index in [1.54, 1.807) is 13.8 Å². The summed E-state index contributed by atoms with van der Waals surface area (Å²) in [4.78, 5) is 11.0. The largest absolute Gasteiger partial charge is 0.485 e. The van der Waals surface area contributed by atoms with Crippen LogP contribution in [0.5, 0.6) is 11.5 Å². The molecule has 3 rings (SSSR count). The second-order valence-electron chi connectivity index (χ2n) is 7.48. The number of nitro benzene ring substituents is 1. The van der Waals surface area contributed by atoms with E-state index in [1.165, 1.54) is 19.2 Å². The number of aliphatic hydroxyl groups excluding tert-OH is 1. The van der Waals surface area contributed by atoms with Crippen molar-refractivity contribution in [3.63, 3.8) is 0 Å². The van der Waals surface area contributed by atoms with E-state index in [2.05, 4.69) is 5.32 Å². The lowest BCUT2D eigenvalue weighted by Gasteiger charge is -2.42. The zero-order chi connectivity index (χ0) is 21.0. The molecule has 0 amide bonds. The topological polar surface area (TPSA) is 103 Å². The molecule has 0 spiro atoms. The van der Waals surface area contributed by atoms with E-state index in [-0.39, 0.29) is 18.2 Å². The Morgan fingerprint density at radius 3 is 2.66 bits per heavy atom. The molecule has 1 aliphatic rings. The summed E-state index contributed by atoms with van der Waals surface area (Å²) in [5.41, 5.74) is 0.606. The maximum absolute atomic E-state index is 11.5. The summed E-state index contributed by atoms with van der Waals surface area (Å²) in [5, 5.41) is 25.8. The van der Waals surface area contributed by atoms with Crippen molar-refractivity contribution in [2.45, 2.75) is 38.0 Å². The minimum absolute atomic E-state index is 0.0609. The van der Waals surface area contributed by atoms with Gasteiger partial charge < -0.3 is 24.6 Å². The highest BCUT2D eigenvalue weighted by Gasteiger charge is 2.44. The van der Waals surface area contributed by atoms with Crippen molar-refractivity contribution in [3.05, 3.63) is 63.7 Å². The van der Waals surface area contributed by atoms with E-state index in [0.29, 0.717) is 17.9 Å². The van der Waals surface area contributed by atoms with Gasteiger partial charge in [-0.15, -0.1) is 0 Å². The Labute approximate surface area is 169 Å². The van der Waals surface area contributed by atoms with Crippen LogP contribution in [-0.4, -0.2) is 42.2 Å². The van der Waals surface area contributed by atoms with Crippen LogP contribution in [-0.2, 0) is 11.2 Å². The number of nitrogens with zero attached hydrogens (tertiary/aromatic N) is 1. The Bertz CT molecular complexity index is 856. The smallest absolute Gasteiger partial charge is 0.311 e. The lowest BCUT2D eigenvalue weighted by Crippen LogP contribution is -2.52. The summed E-state index contributed by atoms with van der Waals surface area (Å²) < 4.78 is 16.2. The highest BCUT2D eigenvalue weighted by molar-refractivity contribution is 5.57. The van der Waals surface area contributed by atoms with Gasteiger partial charge in [-0.1, -0.05) is 30.3 Å². The monoisotopic (exact) mass is 402 g/mol. The number of hydrogen-bond donors (Lipinski definition) is 2. The van der Waals surface area contributed by atoms with Gasteiger partial charge in [0.2, 0.25) is 5.75 Å². The molecular weight excluding hydrogens is 376 g/mol. The molecule has 0 bridgehead atoms. The fraction of sp³-hybridized carbons (Fsp3) is 0.429. The maximum atomic E-state index is 11.5. The third kappa shape index (κ3) is 4.67. The standard InChI is InChI=1S/C21H26N2O6/c1-21(2)20(24)19(22-10-9-14-7-5-4-6-8-14)15-11-16(23(25)26)18(28-13-27-3)12-17(15)29-21/h4-8,11-12,19-20,22,24H,9-10,13H2,1-3H3. The second-order valence-corrected chi connectivity index (χ2v) is 7.48. The molecule has 2 atom stereocenters. The minimum atomic E-state index is -0.892. The molecule has 0 fully saturated rings. The lowest BCUT2D eigenvalue weighted by atomic mass is 9.86. The van der Waals surface area contributed by atoms with Crippen molar-refractivity contribution in [2.75, 3.05) is 20.4 Å². The Balaban J connectivity index is 1.90. The van der Waals surface area contributed by atoms with Gasteiger partial charge in [0.25, 0.3) is 0 Å². The van der Waals surface area contributed by atoms with Crippen LogP contribution < -0.4 is 14.8 Å². The van der Waals surface area contributed by atoms with Gasteiger partial charge >= 0.3 is 5.69 Å². The van der Waals surface area contributed by atoms with E-state index in [9.17, 15) is 15.2 Å². The summed E-state index contributed by atoms with van der Waals surface area (Å²) in [6.07, 6.45) is -0.131. The number of aliphatic hydroxyl groups is 1. The molecule has 2 N–H and O–H groups in total. The molecule has 1 heterocycles. The Morgan fingerprint density at radius 1 is 1.28 bits per heavy atom. The average Bonchev–Trinajstić information content (AvgIpc) is 2.69. The summed E-state index contributed by atoms with van der Waals surface area (Å²) in [5.74, 6) is 0.500. The van der Waals surface area contributed by atoms with Crippen LogP contribution in [0.15, 0.2) is 42.5 Å². The first-order chi connectivity index (χ1) is 13.8. The van der Waals surface area contributed by atoms with Crippen molar-refractivity contribution in [2.24, 2.45) is 0 Å². The minimum Gasteiger partial charge on any atom is -0.485 e. The summed E-state index contributed by atoms with van der Waals surface area (Å²) in [7, 11) is 1.44. The molecule has 2 aromatic rings. The predicted molar refractivity (Wildman–Crippen MR) is 107 cm³/mol. The molecular formula is C21H26N2O6. The number of hydrogen-bond acceptors (Lipinski definition) is 7. The van der Waals surface area contributed by atoms with Crippen LogP contribution in [0.25, 0.3) is 0 Å². The molecule has 0 radical (unpaired) electrons. The van der Waals surface area contributed by atoms with Gasteiger partial charge in [-0.05, 0) is 32.4 Å². The van der Waals surface area contributed by atoms with Crippen LogP contribution in [0, 0.1) is 10.1 Å². The Morgan fingerprint density at radius 2 is 2.00 bits per heavy atom. The second kappa shape index (κ2) is 8.77. The molecule has 0 saturated heterocycles. The first-order valence-corrected chi connectivity index (χ1v) is 9.42. The average molecular weight is 402 g/mol. The van der Waals surface area contributed by atoms with Crippen LogP contribution in [0.1, 0.15) is 31.0 Å². The zero-order valence-electron chi connectivity index (χ0n) is 16.8. The summed E-state index contributed by atoms with van der Waals surface area (Å²) >= 11 is 0. The van der Waals surface area contributed by atoms with Gasteiger partial charge in [0.1, 0.15) is 17.5 Å². The highest BCUT2D eigenvalue weighted by Crippen LogP contribution is 2.45. The number of fused-ring (bicyclic) bond motifs is 1. The molecule has 8 nitrogen and oxygen atoms in total. The SMILES string of the molecule is COCOc1cc2c(cc1[N+](=O)[O-])C(NCCc1ccccc1)C(O)C(C)(C)O2. The normalized spacial score (nSPS) is 19.9. The predicted octanol–water partition coefficient (Wildman–Crippen LogP) is 2.98. The van der Waals surface area contributed by atoms with E-state index >= 15 is 0 Å². The zero-order valence-corrected chi connectivity index (χ0v) is 16.8. The fourth-order valence-corrected chi connectivity index (χ4v) is 3.43. The van der Waals surface area contributed by atoms with Crippen LogP contribution in [0.4, 0.5) is 5.69 Å². The van der Waals surface area contributed by atoms with Crippen molar-refractivity contribution < 1.29 is 24.2 Å². The molecule has 1 aliphatic heterocycles. The molecule has 0 saturated carbocycles. The van der Waals surface area contributed by atoms with Gasteiger partial charge in [-0.2, -0.15) is 0 Å². The number of nitrogens with one attached hydrogen (secondary N) is 1. The van der Waals surface area contributed by atoms with E-state index in [4.69, 9.17) is 14.2 Å². The van der Waals surface area contributed by atoms with Gasteiger partial charge in [0, 0.05) is 24.8 Å². The maximum Gasteiger partial charge on any atom is 0.311 e. The number of nitro groups is 1. The van der Waals surface area contributed by atoms with E-state index in [1.807, 2.05) is 30.3 Å². The molecule has 2 aromatic carbocycles. The lowest BCUT2D eigenvalue weighted by molar-refractivity contribution is -0.386. The molecule has 0 aliphatic carbocycles. The van der Waals surface area contributed by atoms with Crippen molar-refractivity contribution in [1.29, 1.82) is 0 Å².